The van der Waals surface area contributed by atoms with Crippen LogP contribution in [0.25, 0.3) is 43.1 Å². The van der Waals surface area contributed by atoms with Crippen molar-refractivity contribution >= 4 is 143 Å². The van der Waals surface area contributed by atoms with Gasteiger partial charge in [0.2, 0.25) is 11.8 Å². The van der Waals surface area contributed by atoms with Gasteiger partial charge in [0.25, 0.3) is 64.1 Å². The topological polar surface area (TPSA) is 404 Å². The number of hydrogen-bond acceptors (Lipinski definition) is 20. The zero-order valence-electron chi connectivity index (χ0n) is 56.5. The lowest BCUT2D eigenvalue weighted by Crippen LogP contribution is -2.45. The first-order valence-corrected chi connectivity index (χ1v) is 39.5. The highest BCUT2D eigenvalue weighted by molar-refractivity contribution is 7.86. The quantitative estimate of drug-likeness (QED) is 0.00918. The molecule has 0 spiro atoms. The lowest BCUT2D eigenvalue weighted by atomic mass is 9.80. The summed E-state index contributed by atoms with van der Waals surface area (Å²) in [7, 11) is -19.4. The second-order valence-electron chi connectivity index (χ2n) is 26.2. The van der Waals surface area contributed by atoms with Crippen molar-refractivity contribution in [2.45, 2.75) is 104 Å². The summed E-state index contributed by atoms with van der Waals surface area (Å²) in [5.74, 6) is -8.08. The van der Waals surface area contributed by atoms with Crippen LogP contribution in [-0.2, 0) is 54.9 Å². The highest BCUT2D eigenvalue weighted by Crippen LogP contribution is 2.58. The van der Waals surface area contributed by atoms with Gasteiger partial charge < -0.3 is 29.6 Å². The average molecular weight is 1540 g/mol. The van der Waals surface area contributed by atoms with Crippen molar-refractivity contribution in [3.05, 3.63) is 173 Å². The summed E-state index contributed by atoms with van der Waals surface area (Å²) in [5, 5.41) is 4.23. The van der Waals surface area contributed by atoms with Crippen molar-refractivity contribution in [2.75, 3.05) is 23.7 Å². The fourth-order valence-electron chi connectivity index (χ4n) is 13.9. The van der Waals surface area contributed by atoms with E-state index in [1.807, 2.05) is 27.7 Å². The van der Waals surface area contributed by atoms with E-state index >= 15 is 19.2 Å². The molecule has 27 nitrogen and oxygen atoms in total. The van der Waals surface area contributed by atoms with E-state index < -0.39 is 115 Å². The molecule has 1 saturated carbocycles. The third-order valence-corrected chi connectivity index (χ3v) is 22.6. The number of carbonyl (C=O) groups is 7. The van der Waals surface area contributed by atoms with Gasteiger partial charge in [0.1, 0.15) is 46.0 Å². The summed E-state index contributed by atoms with van der Waals surface area (Å²) in [6.07, 6.45) is 2.41. The van der Waals surface area contributed by atoms with Gasteiger partial charge in [0.05, 0.1) is 53.6 Å². The van der Waals surface area contributed by atoms with Crippen molar-refractivity contribution in [1.82, 2.24) is 15.5 Å². The summed E-state index contributed by atoms with van der Waals surface area (Å²) in [6.45, 7) is 6.52. The minimum Gasteiger partial charge on any atom is -0.457 e. The Bertz CT molecular complexity index is 5560. The number of thiol groups is 1. The molecule has 6 N–H and O–H groups in total. The first-order chi connectivity index (χ1) is 50.1. The highest BCUT2D eigenvalue weighted by atomic mass is 32.2. The number of nitrogens with one attached hydrogen (secondary N) is 2. The molecule has 0 saturated heterocycles. The number of imide groups is 2. The van der Waals surface area contributed by atoms with E-state index in [-0.39, 0.29) is 159 Å². The smallest absolute Gasteiger partial charge is 0.294 e. The lowest BCUT2D eigenvalue weighted by Gasteiger charge is -2.34. The molecule has 13 rings (SSSR count). The van der Waals surface area contributed by atoms with E-state index in [0.717, 1.165) is 95.4 Å². The predicted molar refractivity (Wildman–Crippen MR) is 389 cm³/mol. The molecule has 6 amide bonds. The van der Waals surface area contributed by atoms with Crippen molar-refractivity contribution in [2.24, 2.45) is 5.92 Å². The number of hydrogen-bond donors (Lipinski definition) is 7. The fraction of sp³-hybridized carbons (Fsp3) is 0.230. The number of fused-ring (bicyclic) bond motifs is 2. The Balaban J connectivity index is 1.10. The van der Waals surface area contributed by atoms with Gasteiger partial charge in [-0.25, -0.2) is 4.90 Å². The summed E-state index contributed by atoms with van der Waals surface area (Å²) in [6, 6.07) is 26.8. The second-order valence-corrected chi connectivity index (χ2v) is 32.3. The van der Waals surface area contributed by atoms with Gasteiger partial charge in [0.15, 0.2) is 5.78 Å². The minimum atomic E-state index is -4.84. The summed E-state index contributed by atoms with van der Waals surface area (Å²) in [4.78, 5) is 103. The minimum absolute atomic E-state index is 0.0333. The van der Waals surface area contributed by atoms with Crippen molar-refractivity contribution in [3.8, 4) is 46.0 Å². The lowest BCUT2D eigenvalue weighted by molar-refractivity contribution is -0.130. The molecule has 106 heavy (non-hydrogen) atoms. The number of para-hydroxylation sites is 1. The Morgan fingerprint density at radius 1 is 0.462 bits per heavy atom. The van der Waals surface area contributed by atoms with Crippen LogP contribution in [0.3, 0.4) is 0 Å². The van der Waals surface area contributed by atoms with Crippen LogP contribution in [0.2, 0.25) is 0 Å². The van der Waals surface area contributed by atoms with E-state index in [9.17, 15) is 66.3 Å². The van der Waals surface area contributed by atoms with Gasteiger partial charge in [-0.1, -0.05) is 58.7 Å². The first kappa shape index (κ1) is 73.9. The molecule has 10 aromatic carbocycles. The number of benzene rings is 10. The average Bonchev–Trinajstić information content (AvgIpc) is 0.688. The molecule has 10 aromatic rings. The number of Topliss-reactive ketones (excluding diaryl/α,β-unsaturated/α-hetero) is 1. The Hall–Kier alpha value is -10.4. The molecule has 1 fully saturated rings. The molecule has 0 bridgehead atoms. The largest absolute Gasteiger partial charge is 0.457 e. The van der Waals surface area contributed by atoms with Crippen molar-refractivity contribution in [1.29, 1.82) is 0 Å². The van der Waals surface area contributed by atoms with Crippen molar-refractivity contribution in [3.63, 3.8) is 0 Å². The molecule has 548 valence electrons. The third-order valence-electron chi connectivity index (χ3n) is 18.8. The van der Waals surface area contributed by atoms with E-state index in [4.69, 9.17) is 18.9 Å². The molecule has 0 radical (unpaired) electrons. The number of ether oxygens (including phenoxy) is 4. The Labute approximate surface area is 611 Å². The second kappa shape index (κ2) is 28.1. The Kier molecular flexibility index (Phi) is 19.6. The maximum Gasteiger partial charge on any atom is 0.294 e. The standard InChI is InChI=1S/C74H64N4O23S5/c1-37(2)48-10-7-11-49(38(3)4)69(48)78-73(84)52-34-57(100-42-16-24-46(25-17-42)105(92,93)94)65-63-55(98-40-12-20-44(21-13-40)103(86,87)88)32-50-61-51(72(83)77(71(50)82)31-30-75-59(79)28-29-60(80)76-54(36-102)70(81)39-8-5-6-9-39)33-56(99-41-14-22-45(23-15-41)104(89,90)91)64(67(61)63)66-58(35-53(74(78)85)62(52)68(65)66)101-43-18-26-47(27-19-43)106(95,96)97/h7,10-27,32-35,37-39,54,102H,5-6,8-9,28-31,36H2,1-4H3,(H,75,79)(H,76,80)(H,86,87,88)(H,89,90,91)(H,92,93,94)(H,95,96,97). The molecule has 1 aliphatic carbocycles. The fourth-order valence-corrected chi connectivity index (χ4v) is 16.1. The van der Waals surface area contributed by atoms with Crippen LogP contribution in [0.1, 0.15) is 131 Å². The zero-order chi connectivity index (χ0) is 76.0. The van der Waals surface area contributed by atoms with Gasteiger partial charge in [-0.2, -0.15) is 46.3 Å². The van der Waals surface area contributed by atoms with E-state index in [1.54, 1.807) is 18.2 Å². The molecule has 1 atom stereocenters. The summed E-state index contributed by atoms with van der Waals surface area (Å²) in [5.41, 5.74) is 0.350. The van der Waals surface area contributed by atoms with Gasteiger partial charge in [-0.3, -0.25) is 56.7 Å². The highest BCUT2D eigenvalue weighted by Gasteiger charge is 2.44. The van der Waals surface area contributed by atoms with Gasteiger partial charge in [0, 0.05) is 80.7 Å². The van der Waals surface area contributed by atoms with Crippen LogP contribution in [0.15, 0.2) is 159 Å². The number of nitrogens with zero attached hydrogens (tertiary/aromatic N) is 2. The monoisotopic (exact) mass is 1540 g/mol. The Morgan fingerprint density at radius 2 is 0.783 bits per heavy atom. The predicted octanol–water partition coefficient (Wildman–Crippen LogP) is 12.6. The van der Waals surface area contributed by atoms with Crippen LogP contribution in [0.5, 0.6) is 46.0 Å². The first-order valence-electron chi connectivity index (χ1n) is 33.1. The molecule has 2 aliphatic heterocycles. The van der Waals surface area contributed by atoms with Crippen LogP contribution in [0.4, 0.5) is 5.69 Å². The van der Waals surface area contributed by atoms with Crippen LogP contribution >= 0.6 is 12.6 Å². The number of rotatable bonds is 25. The van der Waals surface area contributed by atoms with E-state index in [2.05, 4.69) is 23.3 Å². The molecule has 32 heteroatoms. The third kappa shape index (κ3) is 14.0. The SMILES string of the molecule is CC(C)c1cccc(C(C)C)c1N1C(=O)c2cc(Oc3ccc(S(=O)(=O)O)cc3)c3c4c(Oc5ccc(S(=O)(=O)O)cc5)cc5c6c(cc(Oc7ccc(S(=O)(=O)O)cc7)c(c7c(Oc8ccc(S(=O)(=O)O)cc8)cc(c2c37)C1=O)c64)C(=O)N(CCNC(=O)CCC(=O)NC(CS)C(=O)C1CCCC1)C5=O. The molecule has 2 heterocycles. The van der Waals surface area contributed by atoms with E-state index in [0.29, 0.717) is 24.0 Å². The van der Waals surface area contributed by atoms with E-state index in [1.165, 1.54) is 48.5 Å². The number of carbonyl (C=O) groups excluding carboxylic acids is 7. The normalized spacial score (nSPS) is 14.7. The summed E-state index contributed by atoms with van der Waals surface area (Å²) < 4.78 is 168. The zero-order valence-corrected chi connectivity index (χ0v) is 60.6. The number of amides is 6. The number of anilines is 1. The number of ketones is 1. The van der Waals surface area contributed by atoms with Gasteiger partial charge in [-0.05, 0) is 157 Å². The van der Waals surface area contributed by atoms with Crippen molar-refractivity contribution < 1.29 is 104 Å². The van der Waals surface area contributed by atoms with Gasteiger partial charge in [-0.15, -0.1) is 0 Å². The molecule has 1 unspecified atom stereocenters. The molecule has 0 aromatic heterocycles. The van der Waals surface area contributed by atoms with Crippen LogP contribution in [0, 0.1) is 5.92 Å². The molecular formula is C74H64N4O23S5. The Morgan fingerprint density at radius 3 is 1.09 bits per heavy atom. The van der Waals surface area contributed by atoms with Gasteiger partial charge >= 0.3 is 0 Å². The van der Waals surface area contributed by atoms with Crippen LogP contribution < -0.4 is 34.5 Å². The molecule has 3 aliphatic rings. The van der Waals surface area contributed by atoms with Crippen LogP contribution in [-0.4, -0.2) is 123 Å². The maximum atomic E-state index is 16.3. The molecular weight excluding hydrogens is 1470 g/mol. The maximum absolute atomic E-state index is 16.3. The summed E-state index contributed by atoms with van der Waals surface area (Å²) >= 11 is 4.28.